The normalized spacial score (nSPS) is 50.7. The third kappa shape index (κ3) is 5.05. The lowest BCUT2D eigenvalue weighted by molar-refractivity contribution is -0.248. The van der Waals surface area contributed by atoms with Gasteiger partial charge in [0.1, 0.15) is 6.10 Å². The van der Waals surface area contributed by atoms with Crippen LogP contribution in [0.15, 0.2) is 0 Å². The van der Waals surface area contributed by atoms with E-state index in [0.717, 1.165) is 58.0 Å². The lowest BCUT2D eigenvalue weighted by Crippen LogP contribution is -2.60. The maximum atomic E-state index is 13.3. The van der Waals surface area contributed by atoms with Gasteiger partial charge in [-0.05, 0) is 142 Å². The van der Waals surface area contributed by atoms with Gasteiger partial charge in [-0.2, -0.15) is 0 Å². The lowest BCUT2D eigenvalue weighted by atomic mass is 9.41. The number of aliphatic hydroxyl groups is 3. The van der Waals surface area contributed by atoms with Crippen molar-refractivity contribution >= 4 is 5.91 Å². The second-order valence-electron chi connectivity index (χ2n) is 20.3. The van der Waals surface area contributed by atoms with Gasteiger partial charge in [0.15, 0.2) is 6.29 Å². The second-order valence-corrected chi connectivity index (χ2v) is 20.3. The molecular formula is C41H68N2O7. The van der Waals surface area contributed by atoms with E-state index < -0.39 is 23.9 Å². The first-order valence-corrected chi connectivity index (χ1v) is 20.5. The molecule has 50 heavy (non-hydrogen) atoms. The molecule has 0 radical (unpaired) electrons. The second kappa shape index (κ2) is 12.1. The number of piperidine rings is 1. The molecule has 9 nitrogen and oxygen atoms in total. The summed E-state index contributed by atoms with van der Waals surface area (Å²) in [7, 11) is 0. The molecule has 8 aliphatic rings. The van der Waals surface area contributed by atoms with E-state index in [1.165, 1.54) is 12.8 Å². The zero-order valence-corrected chi connectivity index (χ0v) is 32.1. The first-order valence-electron chi connectivity index (χ1n) is 20.5. The average Bonchev–Trinajstić information content (AvgIpc) is 3.70. The Balaban J connectivity index is 0.974. The van der Waals surface area contributed by atoms with E-state index in [0.29, 0.717) is 56.2 Å². The van der Waals surface area contributed by atoms with Gasteiger partial charge in [0.25, 0.3) is 0 Å². The molecule has 0 bridgehead atoms. The number of hydrogen-bond donors (Lipinski definition) is 4. The number of fused-ring (bicyclic) bond motifs is 4. The van der Waals surface area contributed by atoms with Gasteiger partial charge >= 0.3 is 0 Å². The molecule has 3 saturated heterocycles. The molecule has 3 heterocycles. The molecule has 5 saturated carbocycles. The van der Waals surface area contributed by atoms with E-state index in [2.05, 4.69) is 39.9 Å². The van der Waals surface area contributed by atoms with Crippen LogP contribution in [-0.2, 0) is 19.0 Å². The Bertz CT molecular complexity index is 1310. The van der Waals surface area contributed by atoms with Gasteiger partial charge in [-0.1, -0.05) is 34.6 Å². The molecule has 8 rings (SSSR count). The summed E-state index contributed by atoms with van der Waals surface area (Å²) in [6.45, 7) is 19.1. The Hall–Kier alpha value is -0.810. The van der Waals surface area contributed by atoms with Crippen molar-refractivity contribution < 1.29 is 34.3 Å². The van der Waals surface area contributed by atoms with Gasteiger partial charge in [0.05, 0.1) is 43.2 Å². The fourth-order valence-corrected chi connectivity index (χ4v) is 14.8. The zero-order chi connectivity index (χ0) is 35.6. The van der Waals surface area contributed by atoms with Crippen molar-refractivity contribution in [2.75, 3.05) is 32.8 Å². The summed E-state index contributed by atoms with van der Waals surface area (Å²) in [5, 5.41) is 37.6. The predicted octanol–water partition coefficient (Wildman–Crippen LogP) is 4.89. The highest BCUT2D eigenvalue weighted by Crippen LogP contribution is 2.89. The van der Waals surface area contributed by atoms with Crippen LogP contribution in [0.5, 0.6) is 0 Å². The molecule has 5 aliphatic carbocycles. The lowest BCUT2D eigenvalue weighted by Gasteiger charge is -2.64. The van der Waals surface area contributed by atoms with Crippen LogP contribution >= 0.6 is 0 Å². The fourth-order valence-electron chi connectivity index (χ4n) is 14.8. The number of nitrogens with zero attached hydrogens (tertiary/aromatic N) is 1. The number of rotatable bonds is 6. The highest BCUT2D eigenvalue weighted by atomic mass is 16.7. The average molecular weight is 701 g/mol. The molecule has 0 aromatic rings. The zero-order valence-electron chi connectivity index (χ0n) is 32.1. The number of morpholine rings is 1. The summed E-state index contributed by atoms with van der Waals surface area (Å²) in [6, 6.07) is 0. The first-order chi connectivity index (χ1) is 23.5. The molecular weight excluding hydrogens is 632 g/mol. The molecule has 8 fully saturated rings. The standard InChI is InChI=1S/C41H68N2O7/c1-24-20-26(34(45)37(4,5)47)49-33-32(24)38(6)14-15-41-23-40(41)13-10-29(36(2,3)27(40)8-9-28(41)39(38,7)35(33)46)50-31-22-43(18-19-48-31)30(44)21-25-11-16-42-17-12-25/h24-29,31-35,42,45-47H,8-23H2,1-7H3/t24-,26?,27+,28?,29?,31?,32?,33?,34?,35+,38?,39-,40?,41?/m1/s1. The molecule has 3 aliphatic heterocycles. The summed E-state index contributed by atoms with van der Waals surface area (Å²) < 4.78 is 19.8. The van der Waals surface area contributed by atoms with Crippen molar-refractivity contribution in [3.63, 3.8) is 0 Å². The molecule has 0 aromatic carbocycles. The number of amides is 1. The van der Waals surface area contributed by atoms with Crippen LogP contribution in [0.25, 0.3) is 0 Å². The maximum absolute atomic E-state index is 13.3. The van der Waals surface area contributed by atoms with E-state index in [-0.39, 0.29) is 57.4 Å². The summed E-state index contributed by atoms with van der Waals surface area (Å²) in [6.07, 6.45) is 8.88. The minimum Gasteiger partial charge on any atom is -0.390 e. The number of hydrogen-bond acceptors (Lipinski definition) is 8. The number of carbonyl (C=O) groups is 1. The van der Waals surface area contributed by atoms with Crippen LogP contribution < -0.4 is 5.32 Å². The van der Waals surface area contributed by atoms with Crippen molar-refractivity contribution in [2.24, 2.45) is 56.7 Å². The van der Waals surface area contributed by atoms with Crippen LogP contribution in [0.1, 0.15) is 119 Å². The first kappa shape index (κ1) is 36.2. The minimum absolute atomic E-state index is 0.0144. The monoisotopic (exact) mass is 701 g/mol. The minimum atomic E-state index is -1.26. The fraction of sp³-hybridized carbons (Fsp3) is 0.976. The highest BCUT2D eigenvalue weighted by molar-refractivity contribution is 5.76. The summed E-state index contributed by atoms with van der Waals surface area (Å²) in [4.78, 5) is 15.3. The summed E-state index contributed by atoms with van der Waals surface area (Å²) >= 11 is 0. The van der Waals surface area contributed by atoms with Crippen LogP contribution in [0.4, 0.5) is 0 Å². The van der Waals surface area contributed by atoms with Crippen LogP contribution in [0.3, 0.4) is 0 Å². The molecule has 284 valence electrons. The van der Waals surface area contributed by atoms with Gasteiger partial charge in [-0.15, -0.1) is 0 Å². The molecule has 4 N–H and O–H groups in total. The van der Waals surface area contributed by atoms with Gasteiger partial charge < -0.3 is 39.7 Å². The molecule has 2 spiro atoms. The predicted molar refractivity (Wildman–Crippen MR) is 190 cm³/mol. The van der Waals surface area contributed by atoms with Crippen LogP contribution in [0.2, 0.25) is 0 Å². The highest BCUT2D eigenvalue weighted by Gasteiger charge is 2.84. The topological polar surface area (TPSA) is 121 Å². The summed E-state index contributed by atoms with van der Waals surface area (Å²) in [5.74, 6) is 2.26. The Morgan fingerprint density at radius 2 is 1.72 bits per heavy atom. The van der Waals surface area contributed by atoms with Crippen LogP contribution in [-0.4, -0.2) is 101 Å². The van der Waals surface area contributed by atoms with Gasteiger partial charge in [-0.25, -0.2) is 0 Å². The molecule has 9 heteroatoms. The van der Waals surface area contributed by atoms with Crippen molar-refractivity contribution in [3.05, 3.63) is 0 Å². The van der Waals surface area contributed by atoms with E-state index in [1.54, 1.807) is 13.8 Å². The number of carbonyl (C=O) groups excluding carboxylic acids is 1. The molecule has 0 aromatic heterocycles. The Kier molecular flexibility index (Phi) is 8.75. The maximum Gasteiger partial charge on any atom is 0.223 e. The number of aliphatic hydroxyl groups excluding tert-OH is 2. The van der Waals surface area contributed by atoms with Crippen molar-refractivity contribution in [1.29, 1.82) is 0 Å². The summed E-state index contributed by atoms with van der Waals surface area (Å²) in [5.41, 5.74) is -1.05. The number of nitrogens with one attached hydrogen (secondary N) is 1. The smallest absolute Gasteiger partial charge is 0.223 e. The third-order valence-corrected chi connectivity index (χ3v) is 17.5. The number of ether oxygens (including phenoxy) is 3. The van der Waals surface area contributed by atoms with Crippen molar-refractivity contribution in [1.82, 2.24) is 10.2 Å². The van der Waals surface area contributed by atoms with E-state index in [4.69, 9.17) is 14.2 Å². The molecule has 1 amide bonds. The van der Waals surface area contributed by atoms with Crippen molar-refractivity contribution in [2.45, 2.75) is 162 Å². The van der Waals surface area contributed by atoms with Gasteiger partial charge in [0, 0.05) is 18.4 Å². The molecule has 10 unspecified atom stereocenters. The van der Waals surface area contributed by atoms with E-state index in [9.17, 15) is 20.1 Å². The SMILES string of the molecule is C[C@@H]1CC(C(O)C(C)(C)O)OC2C1C1(C)CCC34CC35CCC(OC3CN(C(=O)CC6CCNCC6)CCO3)C(C)(C)[C@@H]5CCC4[C@]1(C)[C@H]2O. The Morgan fingerprint density at radius 3 is 2.44 bits per heavy atom. The Labute approximate surface area is 300 Å². The van der Waals surface area contributed by atoms with Gasteiger partial charge in [-0.3, -0.25) is 4.79 Å². The van der Waals surface area contributed by atoms with Crippen LogP contribution in [0, 0.1) is 56.7 Å². The quantitative estimate of drug-likeness (QED) is 0.309. The largest absolute Gasteiger partial charge is 0.390 e. The van der Waals surface area contributed by atoms with Gasteiger partial charge in [0.2, 0.25) is 5.91 Å². The Morgan fingerprint density at radius 1 is 1.02 bits per heavy atom. The molecule has 14 atom stereocenters. The van der Waals surface area contributed by atoms with Crippen molar-refractivity contribution in [3.8, 4) is 0 Å². The van der Waals surface area contributed by atoms with E-state index >= 15 is 0 Å². The van der Waals surface area contributed by atoms with E-state index in [1.807, 2.05) is 4.90 Å². The third-order valence-electron chi connectivity index (χ3n) is 17.5.